The summed E-state index contributed by atoms with van der Waals surface area (Å²) < 4.78 is 10.6. The summed E-state index contributed by atoms with van der Waals surface area (Å²) in [6, 6.07) is 18.4. The number of carbonyl (C=O) groups is 2. The third-order valence-electron chi connectivity index (χ3n) is 5.00. The predicted octanol–water partition coefficient (Wildman–Crippen LogP) is 5.30. The van der Waals surface area contributed by atoms with E-state index in [0.717, 1.165) is 21.7 Å². The number of hydrogen-bond acceptors (Lipinski definition) is 5. The minimum atomic E-state index is -0.339. The number of aryl methyl sites for hydroxylation is 1. The number of thioether (sulfide) groups is 1. The SMILES string of the molecule is COc1cccc(OC)c1C(=O)Nc1cccc(SCC(=O)Nc2cccc(C)c2C)c1. The molecule has 0 fully saturated rings. The first kappa shape index (κ1) is 23.2. The second kappa shape index (κ2) is 10.7. The van der Waals surface area contributed by atoms with E-state index in [4.69, 9.17) is 9.47 Å². The van der Waals surface area contributed by atoms with Gasteiger partial charge in [-0.3, -0.25) is 9.59 Å². The van der Waals surface area contributed by atoms with Gasteiger partial charge in [0.25, 0.3) is 5.91 Å². The Bertz CT molecular complexity index is 1110. The standard InChI is InChI=1S/C25H26N2O4S/c1-16-8-5-11-20(17(16)2)27-23(28)15-32-19-10-6-9-18(14-19)26-25(29)24-21(30-3)12-7-13-22(24)31-4/h5-14H,15H2,1-4H3,(H,26,29)(H,27,28). The highest BCUT2D eigenvalue weighted by atomic mass is 32.2. The van der Waals surface area contributed by atoms with Crippen LogP contribution >= 0.6 is 11.8 Å². The van der Waals surface area contributed by atoms with Gasteiger partial charge in [0.2, 0.25) is 5.91 Å². The number of benzene rings is 3. The average molecular weight is 451 g/mol. The zero-order chi connectivity index (χ0) is 23.1. The molecule has 0 bridgehead atoms. The summed E-state index contributed by atoms with van der Waals surface area (Å²) in [6.45, 7) is 4.00. The van der Waals surface area contributed by atoms with E-state index >= 15 is 0 Å². The van der Waals surface area contributed by atoms with Crippen LogP contribution in [0.25, 0.3) is 0 Å². The van der Waals surface area contributed by atoms with Crippen molar-refractivity contribution in [2.24, 2.45) is 0 Å². The van der Waals surface area contributed by atoms with E-state index in [1.807, 2.05) is 50.2 Å². The summed E-state index contributed by atoms with van der Waals surface area (Å²) in [4.78, 5) is 26.1. The van der Waals surface area contributed by atoms with Crippen LogP contribution in [-0.4, -0.2) is 31.8 Å². The van der Waals surface area contributed by atoms with Crippen molar-refractivity contribution in [3.05, 3.63) is 77.4 Å². The van der Waals surface area contributed by atoms with Crippen LogP contribution in [0.3, 0.4) is 0 Å². The molecule has 3 aromatic carbocycles. The number of ether oxygens (including phenoxy) is 2. The number of nitrogens with one attached hydrogen (secondary N) is 2. The summed E-state index contributed by atoms with van der Waals surface area (Å²) in [5.41, 5.74) is 3.95. The molecule has 2 amide bonds. The molecule has 0 saturated carbocycles. The van der Waals surface area contributed by atoms with Crippen LogP contribution in [0.4, 0.5) is 11.4 Å². The summed E-state index contributed by atoms with van der Waals surface area (Å²) in [7, 11) is 3.01. The molecule has 0 aromatic heterocycles. The topological polar surface area (TPSA) is 76.7 Å². The molecule has 0 atom stereocenters. The molecule has 0 unspecified atom stereocenters. The lowest BCUT2D eigenvalue weighted by atomic mass is 10.1. The molecule has 0 aliphatic rings. The first-order valence-electron chi connectivity index (χ1n) is 10.0. The Kier molecular flexibility index (Phi) is 7.78. The zero-order valence-electron chi connectivity index (χ0n) is 18.5. The van der Waals surface area contributed by atoms with Crippen molar-refractivity contribution < 1.29 is 19.1 Å². The molecule has 3 aromatic rings. The van der Waals surface area contributed by atoms with E-state index in [9.17, 15) is 9.59 Å². The summed E-state index contributed by atoms with van der Waals surface area (Å²) in [6.07, 6.45) is 0. The Morgan fingerprint density at radius 3 is 2.22 bits per heavy atom. The van der Waals surface area contributed by atoms with Crippen molar-refractivity contribution in [1.82, 2.24) is 0 Å². The minimum Gasteiger partial charge on any atom is -0.496 e. The summed E-state index contributed by atoms with van der Waals surface area (Å²) in [5, 5.41) is 5.83. The number of rotatable bonds is 8. The van der Waals surface area contributed by atoms with Crippen molar-refractivity contribution in [1.29, 1.82) is 0 Å². The van der Waals surface area contributed by atoms with Crippen molar-refractivity contribution in [3.63, 3.8) is 0 Å². The quantitative estimate of drug-likeness (QED) is 0.455. The van der Waals surface area contributed by atoms with E-state index in [1.165, 1.54) is 26.0 Å². The monoisotopic (exact) mass is 450 g/mol. The molecule has 0 heterocycles. The summed E-state index contributed by atoms with van der Waals surface area (Å²) in [5.74, 6) is 0.683. The number of hydrogen-bond donors (Lipinski definition) is 2. The van der Waals surface area contributed by atoms with Gasteiger partial charge in [-0.25, -0.2) is 0 Å². The molecule has 0 saturated heterocycles. The van der Waals surface area contributed by atoms with Crippen LogP contribution < -0.4 is 20.1 Å². The largest absolute Gasteiger partial charge is 0.496 e. The fourth-order valence-electron chi connectivity index (χ4n) is 3.15. The second-order valence-corrected chi connectivity index (χ2v) is 8.15. The van der Waals surface area contributed by atoms with Crippen LogP contribution in [-0.2, 0) is 4.79 Å². The molecular weight excluding hydrogens is 424 g/mol. The van der Waals surface area contributed by atoms with Gasteiger partial charge >= 0.3 is 0 Å². The Balaban J connectivity index is 1.65. The van der Waals surface area contributed by atoms with Gasteiger partial charge in [-0.1, -0.05) is 24.3 Å². The van der Waals surface area contributed by atoms with Gasteiger partial charge < -0.3 is 20.1 Å². The highest BCUT2D eigenvalue weighted by molar-refractivity contribution is 8.00. The Hall–Kier alpha value is -3.45. The lowest BCUT2D eigenvalue weighted by molar-refractivity contribution is -0.113. The molecule has 7 heteroatoms. The first-order valence-corrected chi connectivity index (χ1v) is 11.0. The van der Waals surface area contributed by atoms with Gasteiger partial charge in [0.15, 0.2) is 0 Å². The average Bonchev–Trinajstić information content (AvgIpc) is 2.80. The highest BCUT2D eigenvalue weighted by Gasteiger charge is 2.18. The predicted molar refractivity (Wildman–Crippen MR) is 129 cm³/mol. The van der Waals surface area contributed by atoms with Crippen LogP contribution in [0.5, 0.6) is 11.5 Å². The molecule has 2 N–H and O–H groups in total. The van der Waals surface area contributed by atoms with Crippen LogP contribution in [0.15, 0.2) is 65.6 Å². The van der Waals surface area contributed by atoms with Crippen molar-refractivity contribution >= 4 is 35.0 Å². The molecule has 32 heavy (non-hydrogen) atoms. The van der Waals surface area contributed by atoms with Crippen molar-refractivity contribution in [3.8, 4) is 11.5 Å². The molecule has 0 spiro atoms. The van der Waals surface area contributed by atoms with Gasteiger partial charge in [0.05, 0.1) is 20.0 Å². The van der Waals surface area contributed by atoms with Crippen LogP contribution in [0, 0.1) is 13.8 Å². The normalized spacial score (nSPS) is 10.4. The maximum absolute atomic E-state index is 12.9. The van der Waals surface area contributed by atoms with Crippen LogP contribution in [0.1, 0.15) is 21.5 Å². The van der Waals surface area contributed by atoms with E-state index in [0.29, 0.717) is 22.7 Å². The van der Waals surface area contributed by atoms with E-state index in [-0.39, 0.29) is 17.6 Å². The Labute approximate surface area is 192 Å². The maximum atomic E-state index is 12.9. The van der Waals surface area contributed by atoms with Gasteiger partial charge in [-0.15, -0.1) is 11.8 Å². The zero-order valence-corrected chi connectivity index (χ0v) is 19.3. The fraction of sp³-hybridized carbons (Fsp3) is 0.200. The molecule has 0 aliphatic carbocycles. The molecular formula is C25H26N2O4S. The van der Waals surface area contributed by atoms with Crippen LogP contribution in [0.2, 0.25) is 0 Å². The second-order valence-electron chi connectivity index (χ2n) is 7.10. The number of carbonyl (C=O) groups excluding carboxylic acids is 2. The number of methoxy groups -OCH3 is 2. The van der Waals surface area contributed by atoms with E-state index in [2.05, 4.69) is 10.6 Å². The van der Waals surface area contributed by atoms with E-state index in [1.54, 1.807) is 24.3 Å². The number of anilines is 2. The highest BCUT2D eigenvalue weighted by Crippen LogP contribution is 2.30. The summed E-state index contributed by atoms with van der Waals surface area (Å²) >= 11 is 1.40. The van der Waals surface area contributed by atoms with Gasteiger partial charge in [0.1, 0.15) is 17.1 Å². The van der Waals surface area contributed by atoms with Gasteiger partial charge in [-0.2, -0.15) is 0 Å². The smallest absolute Gasteiger partial charge is 0.263 e. The van der Waals surface area contributed by atoms with Crippen molar-refractivity contribution in [2.75, 3.05) is 30.6 Å². The maximum Gasteiger partial charge on any atom is 0.263 e. The van der Waals surface area contributed by atoms with Crippen molar-refractivity contribution in [2.45, 2.75) is 18.7 Å². The van der Waals surface area contributed by atoms with Gasteiger partial charge in [-0.05, 0) is 61.4 Å². The molecule has 166 valence electrons. The lowest BCUT2D eigenvalue weighted by Gasteiger charge is -2.13. The lowest BCUT2D eigenvalue weighted by Crippen LogP contribution is -2.15. The Morgan fingerprint density at radius 2 is 1.53 bits per heavy atom. The first-order chi connectivity index (χ1) is 15.4. The third kappa shape index (κ3) is 5.62. The molecule has 0 radical (unpaired) electrons. The fourth-order valence-corrected chi connectivity index (χ4v) is 3.91. The van der Waals surface area contributed by atoms with Gasteiger partial charge in [0, 0.05) is 16.3 Å². The molecule has 0 aliphatic heterocycles. The molecule has 3 rings (SSSR count). The minimum absolute atomic E-state index is 0.0862. The Morgan fingerprint density at radius 1 is 0.875 bits per heavy atom. The number of amides is 2. The van der Waals surface area contributed by atoms with E-state index < -0.39 is 0 Å². The molecule has 6 nitrogen and oxygen atoms in total. The third-order valence-corrected chi connectivity index (χ3v) is 5.99.